The van der Waals surface area contributed by atoms with Gasteiger partial charge < -0.3 is 5.32 Å². The normalized spacial score (nSPS) is 18.2. The lowest BCUT2D eigenvalue weighted by molar-refractivity contribution is 0.0714. The second-order valence-corrected chi connectivity index (χ2v) is 4.33. The van der Waals surface area contributed by atoms with Crippen molar-refractivity contribution in [1.82, 2.24) is 14.8 Å². The van der Waals surface area contributed by atoms with Crippen molar-refractivity contribution in [1.29, 1.82) is 0 Å². The summed E-state index contributed by atoms with van der Waals surface area (Å²) >= 11 is 0. The zero-order chi connectivity index (χ0) is 13.4. The second-order valence-electron chi connectivity index (χ2n) is 4.33. The summed E-state index contributed by atoms with van der Waals surface area (Å²) in [6, 6.07) is 4.65. The molecule has 2 heterocycles. The summed E-state index contributed by atoms with van der Waals surface area (Å²) < 4.78 is 39.9. The van der Waals surface area contributed by atoms with Crippen LogP contribution in [0.1, 0.15) is 12.5 Å². The van der Waals surface area contributed by atoms with Crippen LogP contribution in [-0.4, -0.2) is 27.7 Å². The molecule has 0 aliphatic carbocycles. The van der Waals surface area contributed by atoms with Crippen molar-refractivity contribution in [2.45, 2.75) is 18.9 Å². The molecular formula is C12H11F3N4. The summed E-state index contributed by atoms with van der Waals surface area (Å²) in [7, 11) is 0. The summed E-state index contributed by atoms with van der Waals surface area (Å²) in [5, 5.41) is 7.02. The average Bonchev–Trinajstić information content (AvgIpc) is 2.82. The van der Waals surface area contributed by atoms with Crippen molar-refractivity contribution in [3.05, 3.63) is 30.1 Å². The predicted molar refractivity (Wildman–Crippen MR) is 63.6 cm³/mol. The molecule has 0 amide bonds. The van der Waals surface area contributed by atoms with Gasteiger partial charge in [0, 0.05) is 12.1 Å². The minimum absolute atomic E-state index is 0.302. The highest BCUT2D eigenvalue weighted by Gasteiger charge is 2.30. The van der Waals surface area contributed by atoms with Crippen LogP contribution in [0.25, 0.3) is 11.4 Å². The highest BCUT2D eigenvalue weighted by atomic mass is 19.3. The first-order valence-electron chi connectivity index (χ1n) is 5.89. The number of fused-ring (bicyclic) bond motifs is 1. The number of aromatic nitrogens is 3. The van der Waals surface area contributed by atoms with E-state index in [4.69, 9.17) is 0 Å². The van der Waals surface area contributed by atoms with Gasteiger partial charge in [-0.05, 0) is 30.7 Å². The van der Waals surface area contributed by atoms with E-state index in [1.807, 2.05) is 0 Å². The van der Waals surface area contributed by atoms with Gasteiger partial charge in [-0.1, -0.05) is 0 Å². The molecule has 1 atom stereocenters. The largest absolute Gasteiger partial charge is 0.354 e. The van der Waals surface area contributed by atoms with E-state index in [1.165, 1.54) is 28.9 Å². The maximum absolute atomic E-state index is 12.9. The molecule has 0 bridgehead atoms. The molecule has 1 aromatic carbocycles. The van der Waals surface area contributed by atoms with Gasteiger partial charge in [0.2, 0.25) is 5.95 Å². The number of nitrogens with zero attached hydrogens (tertiary/aromatic N) is 3. The number of halogens is 3. The van der Waals surface area contributed by atoms with Crippen molar-refractivity contribution in [2.75, 3.05) is 11.9 Å². The Labute approximate surface area is 107 Å². The zero-order valence-electron chi connectivity index (χ0n) is 9.85. The maximum atomic E-state index is 12.9. The summed E-state index contributed by atoms with van der Waals surface area (Å²) in [4.78, 5) is 4.17. The van der Waals surface area contributed by atoms with E-state index in [1.54, 1.807) is 0 Å². The van der Waals surface area contributed by atoms with Crippen molar-refractivity contribution in [3.63, 3.8) is 0 Å². The van der Waals surface area contributed by atoms with Gasteiger partial charge in [-0.25, -0.2) is 17.9 Å². The van der Waals surface area contributed by atoms with Crippen LogP contribution in [0.3, 0.4) is 0 Å². The molecule has 0 saturated heterocycles. The molecule has 1 unspecified atom stereocenters. The molecule has 1 aromatic heterocycles. The van der Waals surface area contributed by atoms with Crippen LogP contribution in [0.15, 0.2) is 24.3 Å². The molecule has 0 saturated carbocycles. The molecule has 100 valence electrons. The van der Waals surface area contributed by atoms with Gasteiger partial charge in [0.25, 0.3) is 6.43 Å². The molecule has 1 aliphatic rings. The Kier molecular flexibility index (Phi) is 2.88. The molecule has 0 spiro atoms. The smallest absolute Gasteiger partial charge is 0.260 e. The van der Waals surface area contributed by atoms with Gasteiger partial charge in [0.1, 0.15) is 11.9 Å². The van der Waals surface area contributed by atoms with Gasteiger partial charge in [-0.15, -0.1) is 5.10 Å². The average molecular weight is 268 g/mol. The van der Waals surface area contributed by atoms with E-state index in [-0.39, 0.29) is 5.82 Å². The Balaban J connectivity index is 1.99. The zero-order valence-corrected chi connectivity index (χ0v) is 9.85. The number of rotatable bonds is 2. The molecule has 7 heteroatoms. The monoisotopic (exact) mass is 268 g/mol. The van der Waals surface area contributed by atoms with Crippen molar-refractivity contribution >= 4 is 5.95 Å². The highest BCUT2D eigenvalue weighted by Crippen LogP contribution is 2.29. The molecule has 0 fully saturated rings. The first kappa shape index (κ1) is 12.0. The maximum Gasteiger partial charge on any atom is 0.260 e. The van der Waals surface area contributed by atoms with E-state index >= 15 is 0 Å². The Morgan fingerprint density at radius 1 is 1.26 bits per heavy atom. The molecule has 1 N–H and O–H groups in total. The van der Waals surface area contributed by atoms with Gasteiger partial charge in [-0.2, -0.15) is 4.98 Å². The number of anilines is 1. The van der Waals surface area contributed by atoms with Crippen molar-refractivity contribution in [3.8, 4) is 11.4 Å². The van der Waals surface area contributed by atoms with Crippen LogP contribution in [0.2, 0.25) is 0 Å². The summed E-state index contributed by atoms with van der Waals surface area (Å²) in [6.07, 6.45) is -2.18. The molecular weight excluding hydrogens is 257 g/mol. The standard InChI is InChI=1S/C12H11F3N4/c13-8-3-1-7(2-4-8)11-17-12-16-6-5-9(10(14)15)19(12)18-11/h1-4,9-10H,5-6H2,(H,16,17,18). The molecule has 4 nitrogen and oxygen atoms in total. The molecule has 1 aliphatic heterocycles. The van der Waals surface area contributed by atoms with Crippen LogP contribution in [0.5, 0.6) is 0 Å². The lowest BCUT2D eigenvalue weighted by atomic mass is 10.2. The van der Waals surface area contributed by atoms with Crippen LogP contribution >= 0.6 is 0 Å². The number of benzene rings is 1. The predicted octanol–water partition coefficient (Wildman–Crippen LogP) is 2.71. The topological polar surface area (TPSA) is 42.7 Å². The van der Waals surface area contributed by atoms with Gasteiger partial charge in [-0.3, -0.25) is 0 Å². The first-order valence-corrected chi connectivity index (χ1v) is 5.89. The Hall–Kier alpha value is -2.05. The Morgan fingerprint density at radius 2 is 2.00 bits per heavy atom. The van der Waals surface area contributed by atoms with Crippen LogP contribution in [0, 0.1) is 5.82 Å². The number of hydrogen-bond donors (Lipinski definition) is 1. The fourth-order valence-corrected chi connectivity index (χ4v) is 2.08. The third kappa shape index (κ3) is 2.16. The third-order valence-electron chi connectivity index (χ3n) is 3.06. The molecule has 0 radical (unpaired) electrons. The van der Waals surface area contributed by atoms with E-state index < -0.39 is 12.5 Å². The number of hydrogen-bond acceptors (Lipinski definition) is 3. The number of alkyl halides is 2. The minimum atomic E-state index is -2.48. The van der Waals surface area contributed by atoms with E-state index in [2.05, 4.69) is 15.4 Å². The SMILES string of the molecule is Fc1ccc(-c2nc3n(n2)C(C(F)F)CCN3)cc1. The molecule has 19 heavy (non-hydrogen) atoms. The third-order valence-corrected chi connectivity index (χ3v) is 3.06. The molecule has 2 aromatic rings. The summed E-state index contributed by atoms with van der Waals surface area (Å²) in [5.74, 6) is 0.280. The van der Waals surface area contributed by atoms with E-state index in [0.29, 0.717) is 30.3 Å². The minimum Gasteiger partial charge on any atom is -0.354 e. The van der Waals surface area contributed by atoms with Gasteiger partial charge >= 0.3 is 0 Å². The quantitative estimate of drug-likeness (QED) is 0.910. The first-order chi connectivity index (χ1) is 9.15. The van der Waals surface area contributed by atoms with Gasteiger partial charge in [0.15, 0.2) is 5.82 Å². The van der Waals surface area contributed by atoms with Crippen LogP contribution < -0.4 is 5.32 Å². The van der Waals surface area contributed by atoms with E-state index in [0.717, 1.165) is 0 Å². The van der Waals surface area contributed by atoms with Crippen molar-refractivity contribution in [2.24, 2.45) is 0 Å². The second kappa shape index (κ2) is 4.56. The Bertz CT molecular complexity index is 579. The van der Waals surface area contributed by atoms with E-state index in [9.17, 15) is 13.2 Å². The number of nitrogens with one attached hydrogen (secondary N) is 1. The van der Waals surface area contributed by atoms with Crippen LogP contribution in [-0.2, 0) is 0 Å². The fourth-order valence-electron chi connectivity index (χ4n) is 2.08. The van der Waals surface area contributed by atoms with Crippen LogP contribution in [0.4, 0.5) is 19.1 Å². The highest BCUT2D eigenvalue weighted by molar-refractivity contribution is 5.56. The van der Waals surface area contributed by atoms with Gasteiger partial charge in [0.05, 0.1) is 0 Å². The van der Waals surface area contributed by atoms with Crippen molar-refractivity contribution < 1.29 is 13.2 Å². The molecule has 3 rings (SSSR count). The summed E-state index contributed by atoms with van der Waals surface area (Å²) in [5.41, 5.74) is 0.595. The Morgan fingerprint density at radius 3 is 2.68 bits per heavy atom. The lowest BCUT2D eigenvalue weighted by Gasteiger charge is -2.23. The lowest BCUT2D eigenvalue weighted by Crippen LogP contribution is -2.28. The summed E-state index contributed by atoms with van der Waals surface area (Å²) in [6.45, 7) is 0.441. The fraction of sp³-hybridized carbons (Fsp3) is 0.333.